The van der Waals surface area contributed by atoms with Crippen molar-refractivity contribution in [3.05, 3.63) is 0 Å². The number of rotatable bonds is 3. The monoisotopic (exact) mass is 184 g/mol. The lowest BCUT2D eigenvalue weighted by atomic mass is 10.2. The van der Waals surface area contributed by atoms with Gasteiger partial charge in [0.05, 0.1) is 6.61 Å². The Balaban J connectivity index is 1.79. The molecule has 0 spiro atoms. The van der Waals surface area contributed by atoms with Crippen LogP contribution in [-0.2, 0) is 0 Å². The molecule has 2 heterocycles. The van der Waals surface area contributed by atoms with Gasteiger partial charge >= 0.3 is 0 Å². The third-order valence-electron chi connectivity index (χ3n) is 3.33. The third kappa shape index (κ3) is 2.22. The summed E-state index contributed by atoms with van der Waals surface area (Å²) in [5.74, 6) is 0. The van der Waals surface area contributed by atoms with Crippen molar-refractivity contribution in [2.24, 2.45) is 0 Å². The number of hydrogen-bond acceptors (Lipinski definition) is 3. The molecule has 0 aromatic heterocycles. The smallest absolute Gasteiger partial charge is 0.0586 e. The Kier molecular flexibility index (Phi) is 3.19. The molecule has 0 aromatic rings. The van der Waals surface area contributed by atoms with E-state index in [1.54, 1.807) is 0 Å². The van der Waals surface area contributed by atoms with Gasteiger partial charge < -0.3 is 10.4 Å². The zero-order chi connectivity index (χ0) is 9.10. The van der Waals surface area contributed by atoms with E-state index in [0.717, 1.165) is 6.54 Å². The van der Waals surface area contributed by atoms with Gasteiger partial charge in [0.2, 0.25) is 0 Å². The van der Waals surface area contributed by atoms with Crippen LogP contribution in [0.2, 0.25) is 0 Å². The normalized spacial score (nSPS) is 35.8. The Morgan fingerprint density at radius 1 is 1.31 bits per heavy atom. The van der Waals surface area contributed by atoms with E-state index >= 15 is 0 Å². The van der Waals surface area contributed by atoms with E-state index in [9.17, 15) is 0 Å². The van der Waals surface area contributed by atoms with Crippen molar-refractivity contribution >= 4 is 0 Å². The lowest BCUT2D eigenvalue weighted by Crippen LogP contribution is -2.41. The van der Waals surface area contributed by atoms with Crippen LogP contribution in [0.3, 0.4) is 0 Å². The number of likely N-dealkylation sites (tertiary alicyclic amines) is 1. The van der Waals surface area contributed by atoms with Crippen molar-refractivity contribution in [1.29, 1.82) is 0 Å². The predicted molar refractivity (Wildman–Crippen MR) is 52.7 cm³/mol. The minimum absolute atomic E-state index is 0.340. The molecule has 2 rings (SSSR count). The fourth-order valence-corrected chi connectivity index (χ4v) is 2.54. The van der Waals surface area contributed by atoms with Crippen molar-refractivity contribution in [2.45, 2.75) is 37.8 Å². The average Bonchev–Trinajstić information content (AvgIpc) is 2.76. The first-order valence-electron chi connectivity index (χ1n) is 5.48. The maximum Gasteiger partial charge on any atom is 0.0586 e. The molecule has 76 valence electrons. The summed E-state index contributed by atoms with van der Waals surface area (Å²) in [5.41, 5.74) is 0. The molecule has 0 aromatic carbocycles. The standard InChI is InChI=1S/C10H20N2O/c13-8-10-4-2-6-12(10)7-9-3-1-5-11-9/h9-11,13H,1-8H2. The molecule has 0 aliphatic carbocycles. The maximum absolute atomic E-state index is 9.15. The van der Waals surface area contributed by atoms with Gasteiger partial charge in [0.15, 0.2) is 0 Å². The van der Waals surface area contributed by atoms with Gasteiger partial charge in [-0.25, -0.2) is 0 Å². The number of nitrogens with zero attached hydrogens (tertiary/aromatic N) is 1. The quantitative estimate of drug-likeness (QED) is 0.657. The molecule has 3 nitrogen and oxygen atoms in total. The molecule has 2 fully saturated rings. The van der Waals surface area contributed by atoms with Gasteiger partial charge in [0.25, 0.3) is 0 Å². The highest BCUT2D eigenvalue weighted by molar-refractivity contribution is 4.84. The van der Waals surface area contributed by atoms with Crippen LogP contribution in [0.4, 0.5) is 0 Å². The van der Waals surface area contributed by atoms with Crippen molar-refractivity contribution in [3.63, 3.8) is 0 Å². The van der Waals surface area contributed by atoms with E-state index in [-0.39, 0.29) is 0 Å². The number of hydrogen-bond donors (Lipinski definition) is 2. The molecule has 0 bridgehead atoms. The van der Waals surface area contributed by atoms with Crippen molar-refractivity contribution in [1.82, 2.24) is 10.2 Å². The molecule has 2 N–H and O–H groups in total. The Hall–Kier alpha value is -0.120. The highest BCUT2D eigenvalue weighted by atomic mass is 16.3. The largest absolute Gasteiger partial charge is 0.395 e. The molecule has 2 aliphatic heterocycles. The van der Waals surface area contributed by atoms with Crippen LogP contribution in [-0.4, -0.2) is 48.3 Å². The van der Waals surface area contributed by atoms with Crippen molar-refractivity contribution in [2.75, 3.05) is 26.2 Å². The molecule has 0 amide bonds. The molecule has 13 heavy (non-hydrogen) atoms. The van der Waals surface area contributed by atoms with E-state index < -0.39 is 0 Å². The topological polar surface area (TPSA) is 35.5 Å². The first-order valence-corrected chi connectivity index (χ1v) is 5.48. The molecule has 2 unspecified atom stereocenters. The fraction of sp³-hybridized carbons (Fsp3) is 1.00. The first kappa shape index (κ1) is 9.44. The molecule has 2 saturated heterocycles. The number of nitrogens with one attached hydrogen (secondary N) is 1. The lowest BCUT2D eigenvalue weighted by Gasteiger charge is -2.25. The summed E-state index contributed by atoms with van der Waals surface area (Å²) in [7, 11) is 0. The van der Waals surface area contributed by atoms with Crippen LogP contribution >= 0.6 is 0 Å². The molecule has 0 saturated carbocycles. The fourth-order valence-electron chi connectivity index (χ4n) is 2.54. The van der Waals surface area contributed by atoms with E-state index in [1.807, 2.05) is 0 Å². The highest BCUT2D eigenvalue weighted by Crippen LogP contribution is 2.18. The summed E-state index contributed by atoms with van der Waals surface area (Å²) in [5, 5.41) is 12.7. The van der Waals surface area contributed by atoms with Gasteiger partial charge in [0, 0.05) is 18.6 Å². The zero-order valence-electron chi connectivity index (χ0n) is 8.21. The number of aliphatic hydroxyl groups is 1. The number of aliphatic hydroxyl groups excluding tert-OH is 1. The van der Waals surface area contributed by atoms with Crippen LogP contribution in [0.1, 0.15) is 25.7 Å². The van der Waals surface area contributed by atoms with Crippen LogP contribution < -0.4 is 5.32 Å². The van der Waals surface area contributed by atoms with Gasteiger partial charge in [-0.3, -0.25) is 4.90 Å². The second-order valence-corrected chi connectivity index (χ2v) is 4.27. The van der Waals surface area contributed by atoms with Crippen LogP contribution in [0.25, 0.3) is 0 Å². The lowest BCUT2D eigenvalue weighted by molar-refractivity contribution is 0.150. The Morgan fingerprint density at radius 3 is 2.92 bits per heavy atom. The zero-order valence-corrected chi connectivity index (χ0v) is 8.21. The first-order chi connectivity index (χ1) is 6.40. The summed E-state index contributed by atoms with van der Waals surface area (Å²) in [6.07, 6.45) is 5.08. The minimum Gasteiger partial charge on any atom is -0.395 e. The van der Waals surface area contributed by atoms with Gasteiger partial charge in [-0.2, -0.15) is 0 Å². The molecule has 3 heteroatoms. The van der Waals surface area contributed by atoms with Crippen LogP contribution in [0, 0.1) is 0 Å². The van der Waals surface area contributed by atoms with Crippen molar-refractivity contribution in [3.8, 4) is 0 Å². The van der Waals surface area contributed by atoms with Gasteiger partial charge in [-0.1, -0.05) is 0 Å². The minimum atomic E-state index is 0.340. The molecule has 2 atom stereocenters. The second-order valence-electron chi connectivity index (χ2n) is 4.27. The van der Waals surface area contributed by atoms with E-state index in [4.69, 9.17) is 5.11 Å². The summed E-state index contributed by atoms with van der Waals surface area (Å²) < 4.78 is 0. The van der Waals surface area contributed by atoms with Crippen LogP contribution in [0.15, 0.2) is 0 Å². The van der Waals surface area contributed by atoms with E-state index in [1.165, 1.54) is 38.8 Å². The molecular formula is C10H20N2O. The Labute approximate surface area is 80.1 Å². The second kappa shape index (κ2) is 4.40. The Morgan fingerprint density at radius 2 is 2.23 bits per heavy atom. The molecule has 0 radical (unpaired) electrons. The summed E-state index contributed by atoms with van der Waals surface area (Å²) in [4.78, 5) is 2.45. The molecular weight excluding hydrogens is 164 g/mol. The van der Waals surface area contributed by atoms with Gasteiger partial charge in [0.1, 0.15) is 0 Å². The maximum atomic E-state index is 9.15. The summed E-state index contributed by atoms with van der Waals surface area (Å²) >= 11 is 0. The average molecular weight is 184 g/mol. The highest BCUT2D eigenvalue weighted by Gasteiger charge is 2.26. The molecule has 2 aliphatic rings. The summed E-state index contributed by atoms with van der Waals surface area (Å²) in [6, 6.07) is 1.13. The van der Waals surface area contributed by atoms with Crippen molar-refractivity contribution < 1.29 is 5.11 Å². The Bertz CT molecular complexity index is 157. The van der Waals surface area contributed by atoms with Crippen LogP contribution in [0.5, 0.6) is 0 Å². The van der Waals surface area contributed by atoms with Gasteiger partial charge in [-0.15, -0.1) is 0 Å². The van der Waals surface area contributed by atoms with E-state index in [2.05, 4.69) is 10.2 Å². The van der Waals surface area contributed by atoms with Gasteiger partial charge in [-0.05, 0) is 38.8 Å². The summed E-state index contributed by atoms with van der Waals surface area (Å²) in [6.45, 7) is 3.85. The SMILES string of the molecule is OCC1CCCN1CC1CCCN1. The predicted octanol–water partition coefficient (Wildman–Crippen LogP) is 0.195. The third-order valence-corrected chi connectivity index (χ3v) is 3.33. The van der Waals surface area contributed by atoms with E-state index in [0.29, 0.717) is 18.7 Å².